The zero-order valence-electron chi connectivity index (χ0n) is 15.9. The first-order chi connectivity index (χ1) is 14.5. The molecule has 0 radical (unpaired) electrons. The predicted molar refractivity (Wildman–Crippen MR) is 118 cm³/mol. The summed E-state index contributed by atoms with van der Waals surface area (Å²) in [7, 11) is 0. The summed E-state index contributed by atoms with van der Waals surface area (Å²) in [5.41, 5.74) is 1.41. The van der Waals surface area contributed by atoms with Gasteiger partial charge < -0.3 is 15.4 Å². The van der Waals surface area contributed by atoms with Crippen molar-refractivity contribution in [2.75, 3.05) is 18.5 Å². The maximum Gasteiger partial charge on any atom is 0.257 e. The molecule has 30 heavy (non-hydrogen) atoms. The number of nitrogens with zero attached hydrogens (tertiary/aromatic N) is 1. The average Bonchev–Trinajstić information content (AvgIpc) is 2.75. The summed E-state index contributed by atoms with van der Waals surface area (Å²) in [5.74, 6) is 0.0140. The van der Waals surface area contributed by atoms with Crippen molar-refractivity contribution < 1.29 is 14.3 Å². The van der Waals surface area contributed by atoms with Crippen LogP contribution in [-0.4, -0.2) is 29.9 Å². The third kappa shape index (κ3) is 6.20. The first kappa shape index (κ1) is 21.6. The second-order valence-electron chi connectivity index (χ2n) is 6.31. The summed E-state index contributed by atoms with van der Waals surface area (Å²) in [4.78, 5) is 28.5. The molecule has 6 nitrogen and oxygen atoms in total. The van der Waals surface area contributed by atoms with Crippen molar-refractivity contribution in [1.29, 1.82) is 0 Å². The standard InChI is InChI=1S/C22H19Cl2N3O3/c23-17-7-8-20(19(24)13-17)30-11-3-10-26-21(28)15-4-1-6-18(12-15)27-22(29)16-5-2-9-25-14-16/h1-2,4-9,12-14H,3,10-11H2,(H,26,28)(H,27,29). The third-order valence-corrected chi connectivity index (χ3v) is 4.59. The molecule has 3 rings (SSSR count). The van der Waals surface area contributed by atoms with Crippen LogP contribution < -0.4 is 15.4 Å². The van der Waals surface area contributed by atoms with Crippen molar-refractivity contribution in [3.63, 3.8) is 0 Å². The summed E-state index contributed by atoms with van der Waals surface area (Å²) in [6.45, 7) is 0.819. The van der Waals surface area contributed by atoms with Crippen molar-refractivity contribution in [3.05, 3.63) is 88.2 Å². The number of hydrogen-bond acceptors (Lipinski definition) is 4. The Hall–Kier alpha value is -3.09. The number of amides is 2. The highest BCUT2D eigenvalue weighted by molar-refractivity contribution is 6.35. The Balaban J connectivity index is 1.46. The molecule has 2 N–H and O–H groups in total. The smallest absolute Gasteiger partial charge is 0.257 e. The van der Waals surface area contributed by atoms with Crippen molar-refractivity contribution in [1.82, 2.24) is 10.3 Å². The quantitative estimate of drug-likeness (QED) is 0.488. The molecule has 0 unspecified atom stereocenters. The summed E-state index contributed by atoms with van der Waals surface area (Å²) < 4.78 is 5.59. The van der Waals surface area contributed by atoms with Crippen LogP contribution in [0.15, 0.2) is 67.0 Å². The van der Waals surface area contributed by atoms with Crippen LogP contribution in [0.5, 0.6) is 5.75 Å². The number of aromatic nitrogens is 1. The Bertz CT molecular complexity index is 1030. The number of carbonyl (C=O) groups is 2. The molecule has 0 saturated carbocycles. The molecule has 0 aliphatic rings. The van der Waals surface area contributed by atoms with E-state index in [9.17, 15) is 9.59 Å². The zero-order valence-corrected chi connectivity index (χ0v) is 17.4. The minimum absolute atomic E-state index is 0.239. The Labute approximate surface area is 184 Å². The molecule has 0 saturated heterocycles. The summed E-state index contributed by atoms with van der Waals surface area (Å²) in [6, 6.07) is 15.1. The lowest BCUT2D eigenvalue weighted by Gasteiger charge is -2.10. The zero-order chi connectivity index (χ0) is 21.3. The fourth-order valence-electron chi connectivity index (χ4n) is 2.59. The minimum Gasteiger partial charge on any atom is -0.492 e. The van der Waals surface area contributed by atoms with Gasteiger partial charge in [-0.3, -0.25) is 14.6 Å². The molecule has 0 bridgehead atoms. The molecule has 0 aliphatic carbocycles. The van der Waals surface area contributed by atoms with E-state index in [0.717, 1.165) is 0 Å². The van der Waals surface area contributed by atoms with Gasteiger partial charge in [-0.15, -0.1) is 0 Å². The largest absolute Gasteiger partial charge is 0.492 e. The number of halogens is 2. The van der Waals surface area contributed by atoms with Gasteiger partial charge in [-0.1, -0.05) is 29.3 Å². The number of hydrogen-bond donors (Lipinski definition) is 2. The highest BCUT2D eigenvalue weighted by Gasteiger charge is 2.09. The van der Waals surface area contributed by atoms with Crippen LogP contribution in [0.3, 0.4) is 0 Å². The van der Waals surface area contributed by atoms with Crippen molar-refractivity contribution in [2.24, 2.45) is 0 Å². The second kappa shape index (κ2) is 10.6. The molecule has 0 aliphatic heterocycles. The average molecular weight is 444 g/mol. The van der Waals surface area contributed by atoms with Gasteiger partial charge in [0.25, 0.3) is 11.8 Å². The Morgan fingerprint density at radius 1 is 0.967 bits per heavy atom. The Morgan fingerprint density at radius 2 is 1.80 bits per heavy atom. The molecule has 1 heterocycles. The molecule has 8 heteroatoms. The van der Waals surface area contributed by atoms with Crippen LogP contribution in [0.1, 0.15) is 27.1 Å². The number of pyridine rings is 1. The fraction of sp³-hybridized carbons (Fsp3) is 0.136. The second-order valence-corrected chi connectivity index (χ2v) is 7.15. The van der Waals surface area contributed by atoms with Gasteiger partial charge in [0.15, 0.2) is 0 Å². The topological polar surface area (TPSA) is 80.3 Å². The molecule has 3 aromatic rings. The van der Waals surface area contributed by atoms with E-state index in [2.05, 4.69) is 15.6 Å². The number of ether oxygens (including phenoxy) is 1. The highest BCUT2D eigenvalue weighted by Crippen LogP contribution is 2.27. The first-order valence-electron chi connectivity index (χ1n) is 9.20. The predicted octanol–water partition coefficient (Wildman–Crippen LogP) is 4.84. The maximum absolute atomic E-state index is 12.4. The fourth-order valence-corrected chi connectivity index (χ4v) is 3.05. The SMILES string of the molecule is O=C(NCCCOc1ccc(Cl)cc1Cl)c1cccc(NC(=O)c2cccnc2)c1. The lowest BCUT2D eigenvalue weighted by atomic mass is 10.1. The molecule has 2 amide bonds. The van der Waals surface area contributed by atoms with Gasteiger partial charge in [0, 0.05) is 35.2 Å². The minimum atomic E-state index is -0.293. The molecule has 0 fully saturated rings. The van der Waals surface area contributed by atoms with Gasteiger partial charge in [-0.2, -0.15) is 0 Å². The van der Waals surface area contributed by atoms with Crippen LogP contribution >= 0.6 is 23.2 Å². The van der Waals surface area contributed by atoms with Crippen molar-refractivity contribution >= 4 is 40.7 Å². The number of benzene rings is 2. The van der Waals surface area contributed by atoms with Crippen LogP contribution in [0.25, 0.3) is 0 Å². The molecular formula is C22H19Cl2N3O3. The van der Waals surface area contributed by atoms with E-state index < -0.39 is 0 Å². The van der Waals surface area contributed by atoms with Crippen molar-refractivity contribution in [2.45, 2.75) is 6.42 Å². The van der Waals surface area contributed by atoms with Gasteiger partial charge >= 0.3 is 0 Å². The number of anilines is 1. The molecule has 0 spiro atoms. The van der Waals surface area contributed by atoms with Crippen LogP contribution in [0.4, 0.5) is 5.69 Å². The van der Waals surface area contributed by atoms with E-state index in [1.807, 2.05) is 0 Å². The first-order valence-corrected chi connectivity index (χ1v) is 9.96. The van der Waals surface area contributed by atoms with Crippen LogP contribution in [-0.2, 0) is 0 Å². The summed E-state index contributed by atoms with van der Waals surface area (Å²) >= 11 is 11.9. The van der Waals surface area contributed by atoms with Crippen LogP contribution in [0, 0.1) is 0 Å². The molecular weight excluding hydrogens is 425 g/mol. The van der Waals surface area contributed by atoms with Gasteiger partial charge in [-0.05, 0) is 55.0 Å². The van der Waals surface area contributed by atoms with Crippen LogP contribution in [0.2, 0.25) is 10.0 Å². The number of nitrogens with one attached hydrogen (secondary N) is 2. The number of rotatable bonds is 8. The summed E-state index contributed by atoms with van der Waals surface area (Å²) in [6.07, 6.45) is 3.67. The maximum atomic E-state index is 12.4. The van der Waals surface area contributed by atoms with Crippen molar-refractivity contribution in [3.8, 4) is 5.75 Å². The van der Waals surface area contributed by atoms with E-state index >= 15 is 0 Å². The number of carbonyl (C=O) groups excluding carboxylic acids is 2. The normalized spacial score (nSPS) is 10.3. The van der Waals surface area contributed by atoms with E-state index in [-0.39, 0.29) is 11.8 Å². The monoisotopic (exact) mass is 443 g/mol. The third-order valence-electron chi connectivity index (χ3n) is 4.06. The van der Waals surface area contributed by atoms with Gasteiger partial charge in [-0.25, -0.2) is 0 Å². The summed E-state index contributed by atoms with van der Waals surface area (Å²) in [5, 5.41) is 6.56. The Morgan fingerprint density at radius 3 is 2.57 bits per heavy atom. The van der Waals surface area contributed by atoms with E-state index in [1.54, 1.807) is 60.8 Å². The van der Waals surface area contributed by atoms with Gasteiger partial charge in [0.1, 0.15) is 5.75 Å². The molecule has 2 aromatic carbocycles. The molecule has 154 valence electrons. The highest BCUT2D eigenvalue weighted by atomic mass is 35.5. The van der Waals surface area contributed by atoms with Gasteiger partial charge in [0.05, 0.1) is 17.2 Å². The Kier molecular flexibility index (Phi) is 7.65. The van der Waals surface area contributed by atoms with Gasteiger partial charge in [0.2, 0.25) is 0 Å². The lowest BCUT2D eigenvalue weighted by Crippen LogP contribution is -2.25. The molecule has 0 atom stereocenters. The lowest BCUT2D eigenvalue weighted by molar-refractivity contribution is 0.0950. The van der Waals surface area contributed by atoms with E-state index in [4.69, 9.17) is 27.9 Å². The van der Waals surface area contributed by atoms with E-state index in [1.165, 1.54) is 6.20 Å². The van der Waals surface area contributed by atoms with E-state index in [0.29, 0.717) is 52.2 Å². The molecule has 1 aromatic heterocycles.